The minimum atomic E-state index is 0.786. The lowest BCUT2D eigenvalue weighted by molar-refractivity contribution is 0.633. The van der Waals surface area contributed by atoms with Crippen LogP contribution in [0.3, 0.4) is 0 Å². The lowest BCUT2D eigenvalue weighted by Gasteiger charge is -2.19. The summed E-state index contributed by atoms with van der Waals surface area (Å²) in [6.45, 7) is 0. The molecule has 0 radical (unpaired) electrons. The third-order valence-electron chi connectivity index (χ3n) is 11.5. The van der Waals surface area contributed by atoms with Gasteiger partial charge in [0.2, 0.25) is 0 Å². The fourth-order valence-electron chi connectivity index (χ4n) is 9.11. The second kappa shape index (κ2) is 11.2. The van der Waals surface area contributed by atoms with Gasteiger partial charge < -0.3 is 8.83 Å². The summed E-state index contributed by atoms with van der Waals surface area (Å²) in [7, 11) is 0. The summed E-state index contributed by atoms with van der Waals surface area (Å²) >= 11 is 0. The zero-order valence-corrected chi connectivity index (χ0v) is 29.1. The van der Waals surface area contributed by atoms with Crippen molar-refractivity contribution in [1.29, 1.82) is 0 Å². The number of hydrogen-bond acceptors (Lipinski definition) is 2. The van der Waals surface area contributed by atoms with E-state index in [1.807, 2.05) is 12.1 Å². The van der Waals surface area contributed by atoms with E-state index in [0.717, 1.165) is 55.0 Å². The second-order valence-corrected chi connectivity index (χ2v) is 14.3. The monoisotopic (exact) mass is 686 g/mol. The van der Waals surface area contributed by atoms with Crippen LogP contribution in [-0.2, 0) is 0 Å². The molecule has 0 aliphatic rings. The molecule has 0 atom stereocenters. The molecule has 2 nitrogen and oxygen atoms in total. The van der Waals surface area contributed by atoms with Crippen LogP contribution in [0.2, 0.25) is 0 Å². The summed E-state index contributed by atoms with van der Waals surface area (Å²) in [5, 5.41) is 14.2. The molecule has 54 heavy (non-hydrogen) atoms. The Hall–Kier alpha value is -7.16. The molecule has 0 saturated carbocycles. The van der Waals surface area contributed by atoms with Gasteiger partial charge in [-0.2, -0.15) is 0 Å². The Morgan fingerprint density at radius 3 is 1.54 bits per heavy atom. The first-order chi connectivity index (χ1) is 26.8. The first-order valence-corrected chi connectivity index (χ1v) is 18.5. The predicted molar refractivity (Wildman–Crippen MR) is 227 cm³/mol. The molecule has 10 aromatic carbocycles. The van der Waals surface area contributed by atoms with Gasteiger partial charge in [-0.15, -0.1) is 0 Å². The Kier molecular flexibility index (Phi) is 6.09. The summed E-state index contributed by atoms with van der Waals surface area (Å²) in [6.07, 6.45) is 0. The average Bonchev–Trinajstić information content (AvgIpc) is 3.82. The van der Waals surface area contributed by atoms with E-state index in [1.54, 1.807) is 0 Å². The summed E-state index contributed by atoms with van der Waals surface area (Å²) in [5.41, 5.74) is 10.5. The Morgan fingerprint density at radius 2 is 0.815 bits per heavy atom. The Bertz CT molecular complexity index is 3430. The quantitative estimate of drug-likeness (QED) is 0.173. The number of furan rings is 2. The number of rotatable bonds is 3. The van der Waals surface area contributed by atoms with Crippen LogP contribution in [0.5, 0.6) is 0 Å². The van der Waals surface area contributed by atoms with Gasteiger partial charge in [0.25, 0.3) is 0 Å². The van der Waals surface area contributed by atoms with Gasteiger partial charge in [0.05, 0.1) is 0 Å². The van der Waals surface area contributed by atoms with Gasteiger partial charge in [0.15, 0.2) is 11.2 Å². The number of benzene rings is 10. The van der Waals surface area contributed by atoms with Gasteiger partial charge in [-0.05, 0) is 94.7 Å². The van der Waals surface area contributed by atoms with Gasteiger partial charge in [-0.1, -0.05) is 164 Å². The van der Waals surface area contributed by atoms with E-state index in [1.165, 1.54) is 65.3 Å². The summed E-state index contributed by atoms with van der Waals surface area (Å²) in [4.78, 5) is 0. The van der Waals surface area contributed by atoms with E-state index >= 15 is 0 Å². The van der Waals surface area contributed by atoms with E-state index in [9.17, 15) is 0 Å². The molecule has 0 amide bonds. The highest BCUT2D eigenvalue weighted by atomic mass is 16.4. The highest BCUT2D eigenvalue weighted by Gasteiger charge is 2.22. The molecular formula is C52H30O2. The van der Waals surface area contributed by atoms with Gasteiger partial charge in [-0.25, -0.2) is 0 Å². The number of para-hydroxylation sites is 1. The van der Waals surface area contributed by atoms with E-state index in [2.05, 4.69) is 170 Å². The van der Waals surface area contributed by atoms with E-state index in [0.29, 0.717) is 0 Å². The number of fused-ring (bicyclic) bond motifs is 12. The molecule has 12 aromatic rings. The first-order valence-electron chi connectivity index (χ1n) is 18.5. The summed E-state index contributed by atoms with van der Waals surface area (Å²) in [5.74, 6) is 0. The van der Waals surface area contributed by atoms with Gasteiger partial charge in [-0.3, -0.25) is 0 Å². The zero-order valence-electron chi connectivity index (χ0n) is 29.1. The largest absolute Gasteiger partial charge is 0.452 e. The third kappa shape index (κ3) is 4.11. The van der Waals surface area contributed by atoms with Gasteiger partial charge >= 0.3 is 0 Å². The molecule has 0 N–H and O–H groups in total. The third-order valence-corrected chi connectivity index (χ3v) is 11.5. The van der Waals surface area contributed by atoms with Crippen LogP contribution in [0.4, 0.5) is 0 Å². The lowest BCUT2D eigenvalue weighted by Crippen LogP contribution is -1.91. The van der Waals surface area contributed by atoms with Crippen LogP contribution in [0.1, 0.15) is 0 Å². The number of hydrogen-bond donors (Lipinski definition) is 0. The summed E-state index contributed by atoms with van der Waals surface area (Å²) in [6, 6.07) is 65.7. The molecule has 0 saturated heterocycles. The minimum absolute atomic E-state index is 0.786. The zero-order chi connectivity index (χ0) is 35.3. The van der Waals surface area contributed by atoms with Crippen molar-refractivity contribution in [2.24, 2.45) is 0 Å². The van der Waals surface area contributed by atoms with Crippen molar-refractivity contribution in [3.63, 3.8) is 0 Å². The molecule has 0 spiro atoms. The molecule has 2 aromatic heterocycles. The highest BCUT2D eigenvalue weighted by Crippen LogP contribution is 2.48. The van der Waals surface area contributed by atoms with Crippen molar-refractivity contribution in [3.05, 3.63) is 182 Å². The smallest absolute Gasteiger partial charge is 0.179 e. The second-order valence-electron chi connectivity index (χ2n) is 14.3. The van der Waals surface area contributed by atoms with Crippen LogP contribution in [0, 0.1) is 0 Å². The maximum Gasteiger partial charge on any atom is 0.179 e. The van der Waals surface area contributed by atoms with Crippen LogP contribution in [0.25, 0.3) is 120 Å². The van der Waals surface area contributed by atoms with Crippen LogP contribution < -0.4 is 0 Å². The van der Waals surface area contributed by atoms with Crippen molar-refractivity contribution in [1.82, 2.24) is 0 Å². The Labute approximate surface area is 310 Å². The standard InChI is InChI=1S/C52H30O2/c1-3-15-35-31(12-1)14-11-22-37(35)48-40-19-7-5-17-38(40)47(39-18-6-8-20-41(39)48)34-26-24-33(25-27-34)43-30-44-49-36-16-4-2-13-32(36)28-29-46(49)54-51(44)52-50(43)42-21-9-10-23-45(42)53-52/h1-30H. The topological polar surface area (TPSA) is 26.3 Å². The minimum Gasteiger partial charge on any atom is -0.452 e. The molecule has 0 unspecified atom stereocenters. The predicted octanol–water partition coefficient (Wildman–Crippen LogP) is 15.1. The van der Waals surface area contributed by atoms with Crippen LogP contribution in [0.15, 0.2) is 191 Å². The van der Waals surface area contributed by atoms with Crippen molar-refractivity contribution >= 4 is 87.0 Å². The Balaban J connectivity index is 1.11. The van der Waals surface area contributed by atoms with E-state index in [4.69, 9.17) is 8.83 Å². The lowest BCUT2D eigenvalue weighted by atomic mass is 9.84. The first kappa shape index (κ1) is 29.4. The molecule has 0 bridgehead atoms. The maximum absolute atomic E-state index is 6.64. The molecule has 250 valence electrons. The molecule has 2 heteroatoms. The SMILES string of the molecule is c1ccc2c(-c3c4ccccc4c(-c4ccc(-c5cc6c(oc7ccc8ccccc8c76)c6oc7ccccc7c56)cc4)c4ccccc34)cccc2c1. The van der Waals surface area contributed by atoms with E-state index in [-0.39, 0.29) is 0 Å². The fraction of sp³-hybridized carbons (Fsp3) is 0. The van der Waals surface area contributed by atoms with Crippen LogP contribution >= 0.6 is 0 Å². The normalized spacial score (nSPS) is 12.1. The molecule has 0 aliphatic carbocycles. The molecule has 0 fully saturated rings. The van der Waals surface area contributed by atoms with Crippen LogP contribution in [-0.4, -0.2) is 0 Å². The fourth-order valence-corrected chi connectivity index (χ4v) is 9.11. The highest BCUT2D eigenvalue weighted by molar-refractivity contribution is 6.28. The Morgan fingerprint density at radius 1 is 0.278 bits per heavy atom. The molecule has 0 aliphatic heterocycles. The molecule has 12 rings (SSSR count). The maximum atomic E-state index is 6.64. The van der Waals surface area contributed by atoms with Gasteiger partial charge in [0, 0.05) is 21.5 Å². The van der Waals surface area contributed by atoms with Crippen molar-refractivity contribution in [2.45, 2.75) is 0 Å². The van der Waals surface area contributed by atoms with Gasteiger partial charge in [0.1, 0.15) is 11.2 Å². The van der Waals surface area contributed by atoms with E-state index < -0.39 is 0 Å². The molecular weight excluding hydrogens is 657 g/mol. The van der Waals surface area contributed by atoms with Crippen molar-refractivity contribution in [2.75, 3.05) is 0 Å². The average molecular weight is 687 g/mol. The van der Waals surface area contributed by atoms with Crippen molar-refractivity contribution < 1.29 is 8.83 Å². The molecule has 2 heterocycles. The summed E-state index contributed by atoms with van der Waals surface area (Å²) < 4.78 is 13.3. The van der Waals surface area contributed by atoms with Crippen molar-refractivity contribution in [3.8, 4) is 33.4 Å².